The minimum absolute atomic E-state index is 0.138. The number of hydrogen-bond acceptors (Lipinski definition) is 8. The van der Waals surface area contributed by atoms with Gasteiger partial charge in [0.1, 0.15) is 0 Å². The van der Waals surface area contributed by atoms with Crippen molar-refractivity contribution in [1.82, 2.24) is 4.90 Å². The molecule has 0 atom stereocenters. The van der Waals surface area contributed by atoms with Crippen molar-refractivity contribution in [2.24, 2.45) is 0 Å². The van der Waals surface area contributed by atoms with Gasteiger partial charge in [0, 0.05) is 25.9 Å². The van der Waals surface area contributed by atoms with Gasteiger partial charge in [-0.1, -0.05) is 18.2 Å². The van der Waals surface area contributed by atoms with Crippen molar-refractivity contribution in [1.29, 1.82) is 0 Å². The monoisotopic (exact) mass is 475 g/mol. The van der Waals surface area contributed by atoms with E-state index in [0.717, 1.165) is 11.1 Å². The fourth-order valence-corrected chi connectivity index (χ4v) is 4.91. The molecular weight excluding hydrogens is 450 g/mol. The van der Waals surface area contributed by atoms with Gasteiger partial charge >= 0.3 is 0 Å². The second-order valence-corrected chi connectivity index (χ2v) is 8.87. The first-order valence-corrected chi connectivity index (χ1v) is 11.8. The van der Waals surface area contributed by atoms with Crippen molar-refractivity contribution < 1.29 is 33.3 Å². The average Bonchev–Trinajstić information content (AvgIpc) is 3.54. The predicted octanol–water partition coefficient (Wildman–Crippen LogP) is 3.46. The van der Waals surface area contributed by atoms with Crippen LogP contribution < -0.4 is 18.9 Å². The van der Waals surface area contributed by atoms with Gasteiger partial charge in [-0.05, 0) is 47.4 Å². The molecular formula is C27H25NO7. The van der Waals surface area contributed by atoms with Crippen LogP contribution in [-0.4, -0.2) is 56.4 Å². The third-order valence-electron chi connectivity index (χ3n) is 6.73. The number of benzene rings is 2. The summed E-state index contributed by atoms with van der Waals surface area (Å²) in [4.78, 5) is 28.9. The SMILES string of the molecule is O=C1CC(c2ccc3c(c2)OCO3)CC(=O)C1=C(C=Cc1ccc2c(c1)OCO2)N1CCOCC1. The first-order valence-electron chi connectivity index (χ1n) is 11.8. The van der Waals surface area contributed by atoms with Gasteiger partial charge in [0.25, 0.3) is 0 Å². The number of hydrogen-bond donors (Lipinski definition) is 0. The van der Waals surface area contributed by atoms with E-state index in [-0.39, 0.29) is 49.5 Å². The van der Waals surface area contributed by atoms with Gasteiger partial charge in [0.05, 0.1) is 24.5 Å². The Morgan fingerprint density at radius 3 is 2.14 bits per heavy atom. The Hall–Kier alpha value is -3.78. The Morgan fingerprint density at radius 1 is 0.800 bits per heavy atom. The van der Waals surface area contributed by atoms with E-state index >= 15 is 0 Å². The third-order valence-corrected chi connectivity index (χ3v) is 6.73. The van der Waals surface area contributed by atoms with E-state index in [9.17, 15) is 9.59 Å². The fraction of sp³-hybridized carbons (Fsp3) is 0.333. The number of carbonyl (C=O) groups excluding carboxylic acids is 2. The molecule has 6 rings (SSSR count). The van der Waals surface area contributed by atoms with E-state index in [0.29, 0.717) is 55.0 Å². The molecule has 4 aliphatic rings. The number of rotatable bonds is 4. The Balaban J connectivity index is 1.30. The molecule has 35 heavy (non-hydrogen) atoms. The zero-order valence-corrected chi connectivity index (χ0v) is 19.2. The van der Waals surface area contributed by atoms with Gasteiger partial charge in [0.15, 0.2) is 34.6 Å². The van der Waals surface area contributed by atoms with Gasteiger partial charge in [-0.25, -0.2) is 0 Å². The molecule has 2 aromatic rings. The van der Waals surface area contributed by atoms with Crippen LogP contribution in [0.2, 0.25) is 0 Å². The van der Waals surface area contributed by atoms with E-state index in [2.05, 4.69) is 4.90 Å². The van der Waals surface area contributed by atoms with Gasteiger partial charge < -0.3 is 28.6 Å². The summed E-state index contributed by atoms with van der Waals surface area (Å²) in [6.45, 7) is 2.74. The highest BCUT2D eigenvalue weighted by Crippen LogP contribution is 2.39. The molecule has 0 N–H and O–H groups in total. The summed E-state index contributed by atoms with van der Waals surface area (Å²) in [5, 5.41) is 0. The van der Waals surface area contributed by atoms with E-state index in [1.165, 1.54) is 0 Å². The molecule has 0 unspecified atom stereocenters. The first kappa shape index (κ1) is 21.7. The molecule has 1 saturated carbocycles. The number of fused-ring (bicyclic) bond motifs is 2. The van der Waals surface area contributed by atoms with E-state index in [4.69, 9.17) is 23.7 Å². The standard InChI is InChI=1S/C27H25NO7/c29-21-12-19(18-3-6-24-26(14-18)35-16-33-24)13-22(30)27(21)20(28-7-9-31-10-8-28)4-1-17-2-5-23-25(11-17)34-15-32-23/h1-6,11,14,19H,7-10,12-13,15-16H2. The lowest BCUT2D eigenvalue weighted by atomic mass is 9.79. The highest BCUT2D eigenvalue weighted by atomic mass is 16.7. The maximum absolute atomic E-state index is 13.4. The summed E-state index contributed by atoms with van der Waals surface area (Å²) in [5.41, 5.74) is 2.75. The van der Waals surface area contributed by atoms with Crippen molar-refractivity contribution in [2.75, 3.05) is 39.9 Å². The number of Topliss-reactive ketones (excluding diaryl/α,β-unsaturated/α-hetero) is 2. The summed E-state index contributed by atoms with van der Waals surface area (Å²) < 4.78 is 27.2. The van der Waals surface area contributed by atoms with Gasteiger partial charge in [-0.2, -0.15) is 0 Å². The van der Waals surface area contributed by atoms with E-state index < -0.39 is 0 Å². The Morgan fingerprint density at radius 2 is 1.43 bits per heavy atom. The molecule has 2 fully saturated rings. The molecule has 0 spiro atoms. The summed E-state index contributed by atoms with van der Waals surface area (Å²) in [6, 6.07) is 11.3. The molecule has 1 saturated heterocycles. The lowest BCUT2D eigenvalue weighted by Crippen LogP contribution is -2.38. The smallest absolute Gasteiger partial charge is 0.231 e. The normalized spacial score (nSPS) is 21.2. The van der Waals surface area contributed by atoms with Crippen LogP contribution in [0.15, 0.2) is 53.7 Å². The van der Waals surface area contributed by atoms with Crippen LogP contribution in [0.4, 0.5) is 0 Å². The molecule has 0 amide bonds. The van der Waals surface area contributed by atoms with Crippen LogP contribution in [0.3, 0.4) is 0 Å². The molecule has 3 heterocycles. The molecule has 8 nitrogen and oxygen atoms in total. The van der Waals surface area contributed by atoms with Gasteiger partial charge in [0.2, 0.25) is 13.6 Å². The predicted molar refractivity (Wildman–Crippen MR) is 126 cm³/mol. The number of nitrogens with zero attached hydrogens (tertiary/aromatic N) is 1. The van der Waals surface area contributed by atoms with Crippen molar-refractivity contribution >= 4 is 17.6 Å². The molecule has 0 aromatic heterocycles. The summed E-state index contributed by atoms with van der Waals surface area (Å²) in [7, 11) is 0. The van der Waals surface area contributed by atoms with Crippen LogP contribution in [-0.2, 0) is 14.3 Å². The van der Waals surface area contributed by atoms with E-state index in [1.54, 1.807) is 0 Å². The van der Waals surface area contributed by atoms with Crippen molar-refractivity contribution in [2.45, 2.75) is 18.8 Å². The highest BCUT2D eigenvalue weighted by molar-refractivity contribution is 6.23. The zero-order chi connectivity index (χ0) is 23.8. The van der Waals surface area contributed by atoms with Gasteiger partial charge in [-0.15, -0.1) is 0 Å². The number of morpholine rings is 1. The average molecular weight is 475 g/mol. The molecule has 2 aromatic carbocycles. The van der Waals surface area contributed by atoms with Crippen molar-refractivity contribution in [3.63, 3.8) is 0 Å². The first-order chi connectivity index (χ1) is 17.2. The number of allylic oxidation sites excluding steroid dienone is 2. The van der Waals surface area contributed by atoms with Crippen molar-refractivity contribution in [3.05, 3.63) is 64.9 Å². The Labute approximate surface area is 202 Å². The second kappa shape index (κ2) is 9.11. The zero-order valence-electron chi connectivity index (χ0n) is 19.2. The Kier molecular flexibility index (Phi) is 5.66. The minimum atomic E-state index is -0.183. The quantitative estimate of drug-likeness (QED) is 0.491. The molecule has 1 aliphatic carbocycles. The summed E-state index contributed by atoms with van der Waals surface area (Å²) >= 11 is 0. The second-order valence-electron chi connectivity index (χ2n) is 8.87. The fourth-order valence-electron chi connectivity index (χ4n) is 4.91. The van der Waals surface area contributed by atoms with Crippen LogP contribution in [0.1, 0.15) is 29.9 Å². The largest absolute Gasteiger partial charge is 0.454 e. The van der Waals surface area contributed by atoms with Gasteiger partial charge in [-0.3, -0.25) is 9.59 Å². The number of ketones is 2. The van der Waals surface area contributed by atoms with Crippen molar-refractivity contribution in [3.8, 4) is 23.0 Å². The molecule has 8 heteroatoms. The topological polar surface area (TPSA) is 83.5 Å². The minimum Gasteiger partial charge on any atom is -0.454 e. The molecule has 0 radical (unpaired) electrons. The maximum Gasteiger partial charge on any atom is 0.231 e. The van der Waals surface area contributed by atoms with Crippen LogP contribution in [0.25, 0.3) is 6.08 Å². The number of ether oxygens (including phenoxy) is 5. The molecule has 180 valence electrons. The van der Waals surface area contributed by atoms with Crippen LogP contribution in [0, 0.1) is 0 Å². The highest BCUT2D eigenvalue weighted by Gasteiger charge is 2.35. The lowest BCUT2D eigenvalue weighted by molar-refractivity contribution is -0.124. The Bertz CT molecular complexity index is 1220. The van der Waals surface area contributed by atoms with Crippen LogP contribution in [0.5, 0.6) is 23.0 Å². The van der Waals surface area contributed by atoms with Crippen LogP contribution >= 0.6 is 0 Å². The summed E-state index contributed by atoms with van der Waals surface area (Å²) in [5.74, 6) is 2.28. The maximum atomic E-state index is 13.4. The van der Waals surface area contributed by atoms with E-state index in [1.807, 2.05) is 48.6 Å². The molecule has 0 bridgehead atoms. The lowest BCUT2D eigenvalue weighted by Gasteiger charge is -2.33. The molecule has 3 aliphatic heterocycles. The third kappa shape index (κ3) is 4.25. The summed E-state index contributed by atoms with van der Waals surface area (Å²) in [6.07, 6.45) is 4.32. The number of carbonyl (C=O) groups is 2.